The Hall–Kier alpha value is -1.40. The molecule has 0 atom stereocenters. The summed E-state index contributed by atoms with van der Waals surface area (Å²) in [6.07, 6.45) is 7.70. The summed E-state index contributed by atoms with van der Waals surface area (Å²) in [6.45, 7) is 3.13. The van der Waals surface area contributed by atoms with Crippen LogP contribution in [0.25, 0.3) is 0 Å². The predicted molar refractivity (Wildman–Crippen MR) is 88.4 cm³/mol. The van der Waals surface area contributed by atoms with E-state index in [1.165, 1.54) is 43.6 Å². The molecule has 0 saturated carbocycles. The van der Waals surface area contributed by atoms with Gasteiger partial charge in [0.05, 0.1) is 10.2 Å². The van der Waals surface area contributed by atoms with E-state index in [9.17, 15) is 4.79 Å². The average Bonchev–Trinajstić information content (AvgIpc) is 2.78. The summed E-state index contributed by atoms with van der Waals surface area (Å²) >= 11 is 1.52. The van der Waals surface area contributed by atoms with Crippen molar-refractivity contribution in [3.05, 3.63) is 52.4 Å². The van der Waals surface area contributed by atoms with Crippen molar-refractivity contribution in [3.8, 4) is 0 Å². The van der Waals surface area contributed by atoms with Gasteiger partial charge in [-0.3, -0.25) is 8.75 Å². The van der Waals surface area contributed by atoms with Crippen molar-refractivity contribution in [1.82, 2.24) is 3.96 Å². The standard InChI is InChI=1S/C11H19NOS.Mg.2NO3/c1-2-3-4-5-6-7-9-12-11(13)8-10-14-12;;2*2-1(3)4/h8,10H,2-7,9H2,1H3;;;/q;+2;2*-1. The Morgan fingerprint density at radius 1 is 1.00 bits per heavy atom. The zero-order valence-electron chi connectivity index (χ0n) is 12.9. The summed E-state index contributed by atoms with van der Waals surface area (Å²) in [7, 11) is 0. The minimum Gasteiger partial charge on any atom is -0.356 e. The van der Waals surface area contributed by atoms with Crippen LogP contribution in [0.1, 0.15) is 45.4 Å². The van der Waals surface area contributed by atoms with Crippen LogP contribution in [0.2, 0.25) is 0 Å². The number of hydrogen-bond donors (Lipinski definition) is 0. The average molecular weight is 362 g/mol. The number of aryl methyl sites for hydroxylation is 1. The van der Waals surface area contributed by atoms with Crippen LogP contribution in [0, 0.1) is 30.6 Å². The van der Waals surface area contributed by atoms with Gasteiger partial charge in [0, 0.05) is 18.0 Å². The molecule has 0 aromatic carbocycles. The molecule has 23 heavy (non-hydrogen) atoms. The third-order valence-corrected chi connectivity index (χ3v) is 3.23. The first-order valence-electron chi connectivity index (χ1n) is 6.59. The first-order chi connectivity index (χ1) is 10.3. The Morgan fingerprint density at radius 2 is 1.43 bits per heavy atom. The van der Waals surface area contributed by atoms with E-state index in [1.807, 2.05) is 9.34 Å². The minimum atomic E-state index is -1.75. The quantitative estimate of drug-likeness (QED) is 0.312. The van der Waals surface area contributed by atoms with Gasteiger partial charge >= 0.3 is 23.1 Å². The van der Waals surface area contributed by atoms with Crippen molar-refractivity contribution >= 4 is 34.6 Å². The minimum absolute atomic E-state index is 0. The molecular formula is C11H19MgN3O7S. The van der Waals surface area contributed by atoms with Crippen molar-refractivity contribution in [2.45, 2.75) is 52.0 Å². The number of aromatic nitrogens is 1. The van der Waals surface area contributed by atoms with E-state index in [2.05, 4.69) is 6.92 Å². The first-order valence-corrected chi connectivity index (χ1v) is 7.42. The Kier molecular flexibility index (Phi) is 21.5. The molecule has 1 rings (SSSR count). The second-order valence-corrected chi connectivity index (χ2v) is 4.99. The van der Waals surface area contributed by atoms with Crippen molar-refractivity contribution in [3.63, 3.8) is 0 Å². The molecule has 0 unspecified atom stereocenters. The van der Waals surface area contributed by atoms with Crippen LogP contribution < -0.4 is 5.56 Å². The molecule has 0 aliphatic heterocycles. The van der Waals surface area contributed by atoms with Crippen LogP contribution in [0.3, 0.4) is 0 Å². The molecule has 0 aliphatic rings. The topological polar surface area (TPSA) is 154 Å². The largest absolute Gasteiger partial charge is 2.00 e. The number of rotatable bonds is 7. The molecule has 128 valence electrons. The van der Waals surface area contributed by atoms with Gasteiger partial charge in [-0.05, 0) is 6.42 Å². The van der Waals surface area contributed by atoms with E-state index in [-0.39, 0.29) is 28.6 Å². The molecule has 0 amide bonds. The Morgan fingerprint density at radius 3 is 1.83 bits per heavy atom. The van der Waals surface area contributed by atoms with Crippen molar-refractivity contribution in [2.24, 2.45) is 0 Å². The van der Waals surface area contributed by atoms with Gasteiger partial charge in [0.25, 0.3) is 5.56 Å². The number of nitrogens with zero attached hydrogens (tertiary/aromatic N) is 3. The van der Waals surface area contributed by atoms with E-state index in [0.717, 1.165) is 13.0 Å². The molecule has 1 heterocycles. The summed E-state index contributed by atoms with van der Waals surface area (Å²) in [5.41, 5.74) is 0.156. The predicted octanol–water partition coefficient (Wildman–Crippen LogP) is 2.41. The van der Waals surface area contributed by atoms with Crippen LogP contribution in [0.15, 0.2) is 16.2 Å². The van der Waals surface area contributed by atoms with Crippen molar-refractivity contribution < 1.29 is 10.2 Å². The maximum atomic E-state index is 11.2. The van der Waals surface area contributed by atoms with Crippen LogP contribution in [0.5, 0.6) is 0 Å². The number of hydrogen-bond acceptors (Lipinski definition) is 8. The van der Waals surface area contributed by atoms with Gasteiger partial charge in [0.2, 0.25) is 0 Å². The third kappa shape index (κ3) is 25.9. The SMILES string of the molecule is CCCCCCCCn1sccc1=O.O=[N+]([O-])[O-].O=[N+]([O-])[O-].[Mg+2]. The fourth-order valence-electron chi connectivity index (χ4n) is 1.50. The molecule has 10 nitrogen and oxygen atoms in total. The summed E-state index contributed by atoms with van der Waals surface area (Å²) in [5.74, 6) is 0. The summed E-state index contributed by atoms with van der Waals surface area (Å²) < 4.78 is 1.83. The second kappa shape index (κ2) is 18.6. The molecule has 12 heteroatoms. The zero-order chi connectivity index (χ0) is 17.4. The van der Waals surface area contributed by atoms with Gasteiger partial charge in [-0.25, -0.2) is 0 Å². The molecule has 1 aromatic rings. The molecule has 0 saturated heterocycles. The Bertz CT molecular complexity index is 446. The van der Waals surface area contributed by atoms with E-state index in [4.69, 9.17) is 30.6 Å². The van der Waals surface area contributed by atoms with Gasteiger partial charge in [-0.1, -0.05) is 50.6 Å². The monoisotopic (exact) mass is 361 g/mol. The van der Waals surface area contributed by atoms with Gasteiger partial charge in [-0.15, -0.1) is 0 Å². The summed E-state index contributed by atoms with van der Waals surface area (Å²) in [6, 6.07) is 1.64. The molecule has 1 aromatic heterocycles. The molecular weight excluding hydrogens is 343 g/mol. The maximum Gasteiger partial charge on any atom is 2.00 e. The summed E-state index contributed by atoms with van der Waals surface area (Å²) in [5, 5.41) is 31.4. The normalized spacial score (nSPS) is 8.57. The molecule has 0 bridgehead atoms. The smallest absolute Gasteiger partial charge is 0.356 e. The summed E-state index contributed by atoms with van der Waals surface area (Å²) in [4.78, 5) is 27.7. The van der Waals surface area contributed by atoms with Gasteiger partial charge < -0.3 is 30.6 Å². The maximum absolute atomic E-state index is 11.2. The van der Waals surface area contributed by atoms with E-state index in [1.54, 1.807) is 6.07 Å². The molecule has 0 spiro atoms. The molecule has 0 fully saturated rings. The van der Waals surface area contributed by atoms with Crippen LogP contribution in [-0.4, -0.2) is 37.2 Å². The van der Waals surface area contributed by atoms with Crippen LogP contribution in [-0.2, 0) is 6.54 Å². The van der Waals surface area contributed by atoms with E-state index < -0.39 is 10.2 Å². The van der Waals surface area contributed by atoms with Gasteiger partial charge in [-0.2, -0.15) is 0 Å². The van der Waals surface area contributed by atoms with E-state index in [0.29, 0.717) is 0 Å². The second-order valence-electron chi connectivity index (χ2n) is 4.06. The first kappa shape index (κ1) is 26.5. The Balaban J connectivity index is -0.000000374. The van der Waals surface area contributed by atoms with Crippen LogP contribution >= 0.6 is 11.5 Å². The van der Waals surface area contributed by atoms with Crippen LogP contribution in [0.4, 0.5) is 0 Å². The zero-order valence-corrected chi connectivity index (χ0v) is 15.1. The van der Waals surface area contributed by atoms with Crippen molar-refractivity contribution in [2.75, 3.05) is 0 Å². The number of unbranched alkanes of at least 4 members (excludes halogenated alkanes) is 5. The molecule has 0 radical (unpaired) electrons. The van der Waals surface area contributed by atoms with Crippen molar-refractivity contribution in [1.29, 1.82) is 0 Å². The molecule has 0 N–H and O–H groups in total. The van der Waals surface area contributed by atoms with E-state index >= 15 is 0 Å². The fraction of sp³-hybridized carbons (Fsp3) is 0.727. The van der Waals surface area contributed by atoms with Gasteiger partial charge in [0.15, 0.2) is 0 Å². The Labute approximate surface area is 153 Å². The van der Waals surface area contributed by atoms with Gasteiger partial charge in [0.1, 0.15) is 0 Å². The third-order valence-electron chi connectivity index (χ3n) is 2.36. The molecule has 0 aliphatic carbocycles. The fourth-order valence-corrected chi connectivity index (χ4v) is 2.22.